The van der Waals surface area contributed by atoms with E-state index in [-0.39, 0.29) is 5.91 Å². The van der Waals surface area contributed by atoms with Crippen LogP contribution in [0.5, 0.6) is 5.75 Å². The normalized spacial score (nSPS) is 14.7. The summed E-state index contributed by atoms with van der Waals surface area (Å²) in [7, 11) is 1.91. The lowest BCUT2D eigenvalue weighted by atomic mass is 10.1. The number of rotatable bonds is 5. The lowest BCUT2D eigenvalue weighted by Crippen LogP contribution is -2.35. The molecule has 0 aliphatic heterocycles. The fourth-order valence-corrected chi connectivity index (χ4v) is 3.15. The average Bonchev–Trinajstić information content (AvgIpc) is 3.14. The van der Waals surface area contributed by atoms with E-state index in [0.29, 0.717) is 24.0 Å². The van der Waals surface area contributed by atoms with Crippen LogP contribution in [0.1, 0.15) is 41.6 Å². The van der Waals surface area contributed by atoms with Gasteiger partial charge in [-0.15, -0.1) is 0 Å². The van der Waals surface area contributed by atoms with Crippen molar-refractivity contribution in [1.29, 1.82) is 0 Å². The third kappa shape index (κ3) is 3.73. The molecule has 0 aromatic heterocycles. The van der Waals surface area contributed by atoms with Crippen LogP contribution in [0.3, 0.4) is 0 Å². The van der Waals surface area contributed by atoms with Crippen molar-refractivity contribution in [2.75, 3.05) is 7.05 Å². The Kier molecular flexibility index (Phi) is 4.96. The molecule has 0 saturated heterocycles. The van der Waals surface area contributed by atoms with Crippen molar-refractivity contribution in [3.05, 3.63) is 65.7 Å². The van der Waals surface area contributed by atoms with E-state index in [9.17, 15) is 4.79 Å². The van der Waals surface area contributed by atoms with Crippen LogP contribution in [0, 0.1) is 0 Å². The minimum absolute atomic E-state index is 0.0561. The highest BCUT2D eigenvalue weighted by molar-refractivity contribution is 5.97. The second kappa shape index (κ2) is 7.32. The van der Waals surface area contributed by atoms with Gasteiger partial charge >= 0.3 is 0 Å². The fourth-order valence-electron chi connectivity index (χ4n) is 3.15. The van der Waals surface area contributed by atoms with E-state index in [1.807, 2.05) is 66.5 Å². The summed E-state index contributed by atoms with van der Waals surface area (Å²) in [6, 6.07) is 17.9. The Morgan fingerprint density at radius 3 is 2.43 bits per heavy atom. The van der Waals surface area contributed by atoms with Gasteiger partial charge in [0.1, 0.15) is 12.4 Å². The van der Waals surface area contributed by atoms with Crippen molar-refractivity contribution in [3.63, 3.8) is 0 Å². The third-order valence-electron chi connectivity index (χ3n) is 4.55. The fraction of sp³-hybridized carbons (Fsp3) is 0.350. The molecule has 3 rings (SSSR count). The lowest BCUT2D eigenvalue weighted by molar-refractivity contribution is 0.0730. The molecule has 1 aliphatic rings. The minimum Gasteiger partial charge on any atom is -0.488 e. The van der Waals surface area contributed by atoms with Crippen LogP contribution in [0.25, 0.3) is 0 Å². The molecule has 0 atom stereocenters. The van der Waals surface area contributed by atoms with Gasteiger partial charge in [0.05, 0.1) is 5.56 Å². The van der Waals surface area contributed by atoms with E-state index in [2.05, 4.69) is 0 Å². The summed E-state index contributed by atoms with van der Waals surface area (Å²) in [6.07, 6.45) is 4.65. The van der Waals surface area contributed by atoms with Crippen LogP contribution in [0.15, 0.2) is 54.6 Å². The molecule has 0 unspecified atom stereocenters. The smallest absolute Gasteiger partial charge is 0.257 e. The molecule has 0 bridgehead atoms. The van der Waals surface area contributed by atoms with Crippen molar-refractivity contribution >= 4 is 5.91 Å². The van der Waals surface area contributed by atoms with Crippen LogP contribution in [0.2, 0.25) is 0 Å². The molecule has 2 aromatic rings. The highest BCUT2D eigenvalue weighted by atomic mass is 16.5. The Morgan fingerprint density at radius 1 is 1.04 bits per heavy atom. The van der Waals surface area contributed by atoms with Crippen molar-refractivity contribution in [3.8, 4) is 5.75 Å². The SMILES string of the molecule is CN(C(=O)c1ccccc1OCc1ccccc1)C1CCCC1. The summed E-state index contributed by atoms with van der Waals surface area (Å²) in [6.45, 7) is 0.471. The highest BCUT2D eigenvalue weighted by Crippen LogP contribution is 2.26. The summed E-state index contributed by atoms with van der Waals surface area (Å²) >= 11 is 0. The van der Waals surface area contributed by atoms with E-state index in [0.717, 1.165) is 18.4 Å². The largest absolute Gasteiger partial charge is 0.488 e. The second-order valence-electron chi connectivity index (χ2n) is 6.12. The van der Waals surface area contributed by atoms with Gasteiger partial charge in [0.25, 0.3) is 5.91 Å². The molecule has 1 saturated carbocycles. The monoisotopic (exact) mass is 309 g/mol. The number of nitrogens with zero attached hydrogens (tertiary/aromatic N) is 1. The van der Waals surface area contributed by atoms with Crippen molar-refractivity contribution < 1.29 is 9.53 Å². The number of carbonyl (C=O) groups excluding carboxylic acids is 1. The van der Waals surface area contributed by atoms with Crippen molar-refractivity contribution in [2.45, 2.75) is 38.3 Å². The molecule has 3 heteroatoms. The predicted molar refractivity (Wildman–Crippen MR) is 91.6 cm³/mol. The predicted octanol–water partition coefficient (Wildman–Crippen LogP) is 4.28. The first-order valence-electron chi connectivity index (χ1n) is 8.28. The van der Waals surface area contributed by atoms with Gasteiger partial charge in [-0.05, 0) is 30.5 Å². The maximum absolute atomic E-state index is 12.8. The van der Waals surface area contributed by atoms with E-state index in [4.69, 9.17) is 4.74 Å². The van der Waals surface area contributed by atoms with E-state index >= 15 is 0 Å². The van der Waals surface area contributed by atoms with Gasteiger partial charge in [-0.3, -0.25) is 4.79 Å². The molecule has 120 valence electrons. The van der Waals surface area contributed by atoms with Gasteiger partial charge in [0.15, 0.2) is 0 Å². The Hall–Kier alpha value is -2.29. The standard InChI is InChI=1S/C20H23NO2/c1-21(17-11-5-6-12-17)20(22)18-13-7-8-14-19(18)23-15-16-9-3-2-4-10-16/h2-4,7-10,13-14,17H,5-6,11-12,15H2,1H3. The summed E-state index contributed by atoms with van der Waals surface area (Å²) in [4.78, 5) is 14.7. The molecule has 23 heavy (non-hydrogen) atoms. The first-order valence-corrected chi connectivity index (χ1v) is 8.28. The molecule has 1 amide bonds. The lowest BCUT2D eigenvalue weighted by Gasteiger charge is -2.25. The number of para-hydroxylation sites is 1. The Bertz CT molecular complexity index is 648. The molecule has 3 nitrogen and oxygen atoms in total. The Morgan fingerprint density at radius 2 is 1.70 bits per heavy atom. The zero-order chi connectivity index (χ0) is 16.1. The number of hydrogen-bond donors (Lipinski definition) is 0. The number of ether oxygens (including phenoxy) is 1. The van der Waals surface area contributed by atoms with Crippen LogP contribution >= 0.6 is 0 Å². The van der Waals surface area contributed by atoms with Crippen LogP contribution in [-0.2, 0) is 6.61 Å². The maximum Gasteiger partial charge on any atom is 0.257 e. The molecule has 0 spiro atoms. The number of benzene rings is 2. The number of hydrogen-bond acceptors (Lipinski definition) is 2. The molecule has 0 N–H and O–H groups in total. The number of carbonyl (C=O) groups is 1. The molecule has 0 radical (unpaired) electrons. The van der Waals surface area contributed by atoms with Gasteiger partial charge in [-0.25, -0.2) is 0 Å². The van der Waals surface area contributed by atoms with Crippen LogP contribution in [-0.4, -0.2) is 23.9 Å². The van der Waals surface area contributed by atoms with Gasteiger partial charge in [0, 0.05) is 13.1 Å². The molecule has 1 fully saturated rings. The molecule has 0 heterocycles. The van der Waals surface area contributed by atoms with E-state index in [1.165, 1.54) is 12.8 Å². The van der Waals surface area contributed by atoms with Gasteiger partial charge in [-0.1, -0.05) is 55.3 Å². The molecular weight excluding hydrogens is 286 g/mol. The Labute approximate surface area is 137 Å². The topological polar surface area (TPSA) is 29.5 Å². The summed E-state index contributed by atoms with van der Waals surface area (Å²) in [5.41, 5.74) is 1.75. The first-order chi connectivity index (χ1) is 11.3. The van der Waals surface area contributed by atoms with Crippen LogP contribution in [0.4, 0.5) is 0 Å². The highest BCUT2D eigenvalue weighted by Gasteiger charge is 2.25. The van der Waals surface area contributed by atoms with Gasteiger partial charge < -0.3 is 9.64 Å². The van der Waals surface area contributed by atoms with Gasteiger partial charge in [0.2, 0.25) is 0 Å². The third-order valence-corrected chi connectivity index (χ3v) is 4.55. The summed E-state index contributed by atoms with van der Waals surface area (Å²) < 4.78 is 5.91. The van der Waals surface area contributed by atoms with E-state index < -0.39 is 0 Å². The molecule has 2 aromatic carbocycles. The zero-order valence-corrected chi connectivity index (χ0v) is 13.6. The van der Waals surface area contributed by atoms with Crippen molar-refractivity contribution in [1.82, 2.24) is 4.90 Å². The number of amides is 1. The Balaban J connectivity index is 1.73. The zero-order valence-electron chi connectivity index (χ0n) is 13.6. The molecular formula is C20H23NO2. The summed E-state index contributed by atoms with van der Waals surface area (Å²) in [5.74, 6) is 0.715. The minimum atomic E-state index is 0.0561. The van der Waals surface area contributed by atoms with E-state index in [1.54, 1.807) is 0 Å². The van der Waals surface area contributed by atoms with Crippen LogP contribution < -0.4 is 4.74 Å². The first kappa shape index (κ1) is 15.6. The van der Waals surface area contributed by atoms with Crippen molar-refractivity contribution in [2.24, 2.45) is 0 Å². The maximum atomic E-state index is 12.8. The second-order valence-corrected chi connectivity index (χ2v) is 6.12. The summed E-state index contributed by atoms with van der Waals surface area (Å²) in [5, 5.41) is 0. The molecule has 1 aliphatic carbocycles. The quantitative estimate of drug-likeness (QED) is 0.825. The van der Waals surface area contributed by atoms with Gasteiger partial charge in [-0.2, -0.15) is 0 Å². The average molecular weight is 309 g/mol.